The van der Waals surface area contributed by atoms with Crippen LogP contribution in [-0.2, 0) is 19.1 Å². The molecule has 0 radical (unpaired) electrons. The molecule has 4 N–H and O–H groups in total. The third-order valence-corrected chi connectivity index (χ3v) is 5.34. The van der Waals surface area contributed by atoms with E-state index in [9.17, 15) is 19.2 Å². The minimum atomic E-state index is -1.14. The van der Waals surface area contributed by atoms with Crippen LogP contribution in [0, 0.1) is 12.3 Å². The highest BCUT2D eigenvalue weighted by Gasteiger charge is 2.38. The number of nitrogens with two attached hydrogens (primary N) is 1. The van der Waals surface area contributed by atoms with E-state index in [0.29, 0.717) is 17.5 Å². The quantitative estimate of drug-likeness (QED) is 0.402. The van der Waals surface area contributed by atoms with Crippen molar-refractivity contribution in [1.29, 1.82) is 0 Å². The number of hydrogen-bond donors (Lipinski definition) is 3. The summed E-state index contributed by atoms with van der Waals surface area (Å²) in [5.41, 5.74) is 5.73. The van der Waals surface area contributed by atoms with Gasteiger partial charge in [-0.2, -0.15) is 0 Å². The summed E-state index contributed by atoms with van der Waals surface area (Å²) in [5.74, 6) is 1.02. The first-order valence-corrected chi connectivity index (χ1v) is 12.2. The molecule has 198 valence electrons. The molecular formula is C27H40N4O5. The second-order valence-electron chi connectivity index (χ2n) is 10.0. The third kappa shape index (κ3) is 9.61. The number of rotatable bonds is 11. The number of terminal acetylenes is 1. The highest BCUT2D eigenvalue weighted by Crippen LogP contribution is 2.27. The summed E-state index contributed by atoms with van der Waals surface area (Å²) in [5, 5.41) is 5.46. The van der Waals surface area contributed by atoms with Gasteiger partial charge in [-0.1, -0.05) is 25.0 Å². The fraction of sp³-hybridized carbons (Fsp3) is 0.556. The zero-order valence-corrected chi connectivity index (χ0v) is 22.4. The fourth-order valence-electron chi connectivity index (χ4n) is 3.53. The Hall–Kier alpha value is -3.54. The number of carbonyl (C=O) groups is 4. The molecule has 1 aromatic rings. The van der Waals surface area contributed by atoms with Gasteiger partial charge in [-0.05, 0) is 72.1 Å². The largest absolute Gasteiger partial charge is 0.444 e. The van der Waals surface area contributed by atoms with Crippen molar-refractivity contribution in [3.63, 3.8) is 0 Å². The molecule has 3 atom stereocenters. The lowest BCUT2D eigenvalue weighted by atomic mass is 9.98. The number of nitrogens with one attached hydrogen (secondary N) is 2. The molecule has 9 nitrogen and oxygen atoms in total. The standard InChI is InChI=1S/C27H40N4O5/c1-9-18(5)31(23(24(33)29-17(3)4)20-13-11-19(10-2)12-14-20)25(34)21(15-16-22(28)32)30-26(35)36-27(6,7)8/h2,11-14,17-18,21,23H,9,15-16H2,1,3-8H3,(H2,28,32)(H,29,33)(H,30,35). The Balaban J connectivity index is 3.55. The second-order valence-corrected chi connectivity index (χ2v) is 10.0. The number of alkyl carbamates (subject to hydrolysis) is 1. The molecular weight excluding hydrogens is 460 g/mol. The molecule has 0 saturated heterocycles. The molecule has 1 aromatic carbocycles. The van der Waals surface area contributed by atoms with Gasteiger partial charge in [-0.25, -0.2) is 4.79 Å². The van der Waals surface area contributed by atoms with Crippen molar-refractivity contribution in [2.24, 2.45) is 5.73 Å². The maximum Gasteiger partial charge on any atom is 0.408 e. The van der Waals surface area contributed by atoms with Gasteiger partial charge >= 0.3 is 6.09 Å². The monoisotopic (exact) mass is 500 g/mol. The maximum atomic E-state index is 14.0. The third-order valence-electron chi connectivity index (χ3n) is 5.34. The molecule has 3 unspecified atom stereocenters. The zero-order valence-electron chi connectivity index (χ0n) is 22.4. The normalized spacial score (nSPS) is 13.6. The molecule has 0 aliphatic rings. The summed E-state index contributed by atoms with van der Waals surface area (Å²) < 4.78 is 5.33. The summed E-state index contributed by atoms with van der Waals surface area (Å²) >= 11 is 0. The van der Waals surface area contributed by atoms with E-state index >= 15 is 0 Å². The SMILES string of the molecule is C#Cc1ccc(C(C(=O)NC(C)C)N(C(=O)C(CCC(N)=O)NC(=O)OC(C)(C)C)C(C)CC)cc1. The van der Waals surface area contributed by atoms with Gasteiger partial charge < -0.3 is 26.0 Å². The number of carbonyl (C=O) groups excluding carboxylic acids is 4. The second kappa shape index (κ2) is 13.5. The van der Waals surface area contributed by atoms with Gasteiger partial charge in [-0.15, -0.1) is 6.42 Å². The van der Waals surface area contributed by atoms with Crippen LogP contribution in [0.1, 0.15) is 84.9 Å². The minimum absolute atomic E-state index is 0.0467. The summed E-state index contributed by atoms with van der Waals surface area (Å²) in [6.07, 6.45) is 5.03. The van der Waals surface area contributed by atoms with Gasteiger partial charge in [0.2, 0.25) is 17.7 Å². The minimum Gasteiger partial charge on any atom is -0.444 e. The van der Waals surface area contributed by atoms with E-state index in [-0.39, 0.29) is 30.8 Å². The van der Waals surface area contributed by atoms with Gasteiger partial charge in [0.25, 0.3) is 0 Å². The van der Waals surface area contributed by atoms with Crippen LogP contribution in [0.15, 0.2) is 24.3 Å². The predicted molar refractivity (Wildman–Crippen MR) is 139 cm³/mol. The van der Waals surface area contributed by atoms with Crippen molar-refractivity contribution in [2.45, 2.75) is 97.5 Å². The van der Waals surface area contributed by atoms with Crippen LogP contribution < -0.4 is 16.4 Å². The van der Waals surface area contributed by atoms with E-state index in [0.717, 1.165) is 0 Å². The van der Waals surface area contributed by atoms with Crippen molar-refractivity contribution in [1.82, 2.24) is 15.5 Å². The smallest absolute Gasteiger partial charge is 0.408 e. The molecule has 9 heteroatoms. The maximum absolute atomic E-state index is 14.0. The average molecular weight is 501 g/mol. The van der Waals surface area contributed by atoms with E-state index in [1.54, 1.807) is 45.0 Å². The molecule has 0 bridgehead atoms. The van der Waals surface area contributed by atoms with Crippen molar-refractivity contribution in [3.8, 4) is 12.3 Å². The Labute approximate surface area is 214 Å². The Kier molecular flexibility index (Phi) is 11.5. The van der Waals surface area contributed by atoms with Crippen molar-refractivity contribution in [3.05, 3.63) is 35.4 Å². The van der Waals surface area contributed by atoms with Crippen molar-refractivity contribution >= 4 is 23.8 Å². The first-order chi connectivity index (χ1) is 16.7. The van der Waals surface area contributed by atoms with Gasteiger partial charge in [0.1, 0.15) is 17.7 Å². The van der Waals surface area contributed by atoms with Crippen LogP contribution in [0.5, 0.6) is 0 Å². The van der Waals surface area contributed by atoms with Gasteiger partial charge in [-0.3, -0.25) is 14.4 Å². The lowest BCUT2D eigenvalue weighted by molar-refractivity contribution is -0.145. The first-order valence-electron chi connectivity index (χ1n) is 12.2. The molecule has 4 amide bonds. The van der Waals surface area contributed by atoms with Gasteiger partial charge in [0.05, 0.1) is 0 Å². The Bertz CT molecular complexity index is 960. The van der Waals surface area contributed by atoms with E-state index in [4.69, 9.17) is 16.9 Å². The molecule has 0 fully saturated rings. The summed E-state index contributed by atoms with van der Waals surface area (Å²) in [6, 6.07) is 4.12. The number of primary amides is 1. The average Bonchev–Trinajstić information content (AvgIpc) is 2.77. The Morgan fingerprint density at radius 1 is 1.08 bits per heavy atom. The summed E-state index contributed by atoms with van der Waals surface area (Å²) in [6.45, 7) is 12.5. The molecule has 0 spiro atoms. The molecule has 0 aromatic heterocycles. The number of nitrogens with zero attached hydrogens (tertiary/aromatic N) is 1. The molecule has 36 heavy (non-hydrogen) atoms. The fourth-order valence-corrected chi connectivity index (χ4v) is 3.53. The van der Waals surface area contributed by atoms with E-state index in [2.05, 4.69) is 16.6 Å². The van der Waals surface area contributed by atoms with E-state index in [1.165, 1.54) is 4.90 Å². The van der Waals surface area contributed by atoms with Crippen LogP contribution in [0.2, 0.25) is 0 Å². The van der Waals surface area contributed by atoms with Crippen LogP contribution in [0.25, 0.3) is 0 Å². The Morgan fingerprint density at radius 2 is 1.67 bits per heavy atom. The van der Waals surface area contributed by atoms with Crippen LogP contribution in [-0.4, -0.2) is 52.4 Å². The molecule has 0 aliphatic heterocycles. The first kappa shape index (κ1) is 30.5. The van der Waals surface area contributed by atoms with E-state index in [1.807, 2.05) is 27.7 Å². The summed E-state index contributed by atoms with van der Waals surface area (Å²) in [7, 11) is 0. The summed E-state index contributed by atoms with van der Waals surface area (Å²) in [4.78, 5) is 52.9. The number of hydrogen-bond acceptors (Lipinski definition) is 5. The van der Waals surface area contributed by atoms with Gasteiger partial charge in [0.15, 0.2) is 0 Å². The molecule has 0 heterocycles. The predicted octanol–water partition coefficient (Wildman–Crippen LogP) is 3.02. The lowest BCUT2D eigenvalue weighted by Gasteiger charge is -2.38. The Morgan fingerprint density at radius 3 is 2.11 bits per heavy atom. The van der Waals surface area contributed by atoms with Crippen LogP contribution in [0.3, 0.4) is 0 Å². The molecule has 1 rings (SSSR count). The number of amides is 4. The van der Waals surface area contributed by atoms with Gasteiger partial charge in [0, 0.05) is 24.1 Å². The topological polar surface area (TPSA) is 131 Å². The number of ether oxygens (including phenoxy) is 1. The highest BCUT2D eigenvalue weighted by molar-refractivity contribution is 5.92. The lowest BCUT2D eigenvalue weighted by Crippen LogP contribution is -2.56. The zero-order chi connectivity index (χ0) is 27.6. The van der Waals surface area contributed by atoms with Crippen LogP contribution in [0.4, 0.5) is 4.79 Å². The molecule has 0 aliphatic carbocycles. The van der Waals surface area contributed by atoms with Crippen molar-refractivity contribution < 1.29 is 23.9 Å². The molecule has 0 saturated carbocycles. The number of benzene rings is 1. The van der Waals surface area contributed by atoms with Crippen molar-refractivity contribution in [2.75, 3.05) is 0 Å². The van der Waals surface area contributed by atoms with Crippen LogP contribution >= 0.6 is 0 Å². The highest BCUT2D eigenvalue weighted by atomic mass is 16.6. The van der Waals surface area contributed by atoms with E-state index < -0.39 is 35.6 Å².